The Morgan fingerprint density at radius 1 is 0.678 bits per heavy atom. The number of likely N-dealkylation sites (tertiary alicyclic amines) is 1. The molecule has 16 heteroatoms. The topological polar surface area (TPSA) is 192 Å². The molecule has 6 amide bonds. The van der Waals surface area contributed by atoms with Crippen molar-refractivity contribution >= 4 is 46.5 Å². The molecule has 16 nitrogen and oxygen atoms in total. The number of imide groups is 2. The SMILES string of the molecule is O=C1CCC(N2Cc3cc(O[C@H]4CCN(Cc5cnc6ccccc6n5)C4)ccc3C2=O)C(=O)N1.O=C1CCC(N2Cc3cc(O[C@H]4CCNC4)ccc3C2=O)C(=O)N1. The third kappa shape index (κ3) is 8.10. The monoisotopic (exact) mass is 800 g/mol. The molecule has 1 aromatic heterocycles. The zero-order chi connectivity index (χ0) is 40.6. The smallest absolute Gasteiger partial charge is 0.255 e. The molecule has 7 heterocycles. The van der Waals surface area contributed by atoms with Gasteiger partial charge in [-0.2, -0.15) is 0 Å². The summed E-state index contributed by atoms with van der Waals surface area (Å²) in [6.07, 6.45) is 5.15. The van der Waals surface area contributed by atoms with Crippen molar-refractivity contribution in [2.45, 2.75) is 82.5 Å². The molecule has 0 saturated carbocycles. The molecule has 10 rings (SSSR count). The van der Waals surface area contributed by atoms with E-state index < -0.39 is 18.0 Å². The number of carbonyl (C=O) groups excluding carboxylic acids is 6. The molecule has 4 atom stereocenters. The highest BCUT2D eigenvalue weighted by Gasteiger charge is 2.41. The first-order valence-electron chi connectivity index (χ1n) is 20.2. The zero-order valence-electron chi connectivity index (χ0n) is 32.4. The number of ether oxygens (including phenoxy) is 2. The summed E-state index contributed by atoms with van der Waals surface area (Å²) >= 11 is 0. The van der Waals surface area contributed by atoms with Crippen molar-refractivity contribution < 1.29 is 38.2 Å². The minimum absolute atomic E-state index is 0.0461. The van der Waals surface area contributed by atoms with Gasteiger partial charge in [0.2, 0.25) is 23.6 Å². The summed E-state index contributed by atoms with van der Waals surface area (Å²) in [6.45, 7) is 4.92. The molecule has 3 N–H and O–H groups in total. The van der Waals surface area contributed by atoms with Crippen LogP contribution in [0.2, 0.25) is 0 Å². The molecule has 4 saturated heterocycles. The average Bonchev–Trinajstić information content (AvgIpc) is 4.03. The molecule has 2 unspecified atom stereocenters. The van der Waals surface area contributed by atoms with Gasteiger partial charge in [-0.25, -0.2) is 4.98 Å². The summed E-state index contributed by atoms with van der Waals surface area (Å²) < 4.78 is 12.2. The molecule has 4 fully saturated rings. The Hall–Kier alpha value is -6.26. The number of amides is 6. The Morgan fingerprint density at radius 3 is 1.85 bits per heavy atom. The second-order valence-electron chi connectivity index (χ2n) is 15.8. The third-order valence-electron chi connectivity index (χ3n) is 11.7. The fourth-order valence-electron chi connectivity index (χ4n) is 8.70. The molecule has 0 aliphatic carbocycles. The molecule has 0 bridgehead atoms. The fraction of sp³-hybridized carbons (Fsp3) is 0.395. The summed E-state index contributed by atoms with van der Waals surface area (Å²) in [4.78, 5) is 87.1. The van der Waals surface area contributed by atoms with E-state index in [1.165, 1.54) is 0 Å². The molecule has 6 aliphatic heterocycles. The van der Waals surface area contributed by atoms with Crippen LogP contribution in [0, 0.1) is 0 Å². The molecular formula is C43H44N8O8. The highest BCUT2D eigenvalue weighted by molar-refractivity contribution is 6.06. The first-order chi connectivity index (χ1) is 28.6. The quantitative estimate of drug-likeness (QED) is 0.221. The van der Waals surface area contributed by atoms with Gasteiger partial charge in [0.1, 0.15) is 35.8 Å². The molecule has 0 spiro atoms. The number of hydrogen-bond acceptors (Lipinski definition) is 12. The van der Waals surface area contributed by atoms with Crippen molar-refractivity contribution in [2.75, 3.05) is 26.2 Å². The van der Waals surface area contributed by atoms with Gasteiger partial charge in [0, 0.05) is 63.2 Å². The first kappa shape index (κ1) is 38.3. The molecule has 4 aromatic rings. The molecule has 304 valence electrons. The number of nitrogens with zero attached hydrogens (tertiary/aromatic N) is 5. The Labute approximate surface area is 339 Å². The van der Waals surface area contributed by atoms with E-state index in [2.05, 4.69) is 25.8 Å². The van der Waals surface area contributed by atoms with Crippen LogP contribution >= 0.6 is 0 Å². The molecule has 6 aliphatic rings. The largest absolute Gasteiger partial charge is 0.489 e. The van der Waals surface area contributed by atoms with Crippen molar-refractivity contribution in [3.05, 3.63) is 94.8 Å². The van der Waals surface area contributed by atoms with Crippen LogP contribution in [0.4, 0.5) is 0 Å². The maximum absolute atomic E-state index is 12.9. The summed E-state index contributed by atoms with van der Waals surface area (Å²) in [6, 6.07) is 17.6. The van der Waals surface area contributed by atoms with Gasteiger partial charge in [-0.15, -0.1) is 0 Å². The summed E-state index contributed by atoms with van der Waals surface area (Å²) in [5.41, 5.74) is 5.64. The van der Waals surface area contributed by atoms with Crippen LogP contribution in [-0.2, 0) is 38.8 Å². The van der Waals surface area contributed by atoms with E-state index in [0.717, 1.165) is 84.9 Å². The van der Waals surface area contributed by atoms with Crippen molar-refractivity contribution in [3.8, 4) is 11.5 Å². The lowest BCUT2D eigenvalue weighted by Gasteiger charge is -2.29. The minimum atomic E-state index is -0.612. The van der Waals surface area contributed by atoms with E-state index >= 15 is 0 Å². The van der Waals surface area contributed by atoms with Crippen LogP contribution in [0.1, 0.15) is 76.1 Å². The number of aromatic nitrogens is 2. The van der Waals surface area contributed by atoms with Crippen LogP contribution in [0.5, 0.6) is 11.5 Å². The molecule has 3 aromatic carbocycles. The van der Waals surface area contributed by atoms with Gasteiger partial charge in [-0.3, -0.25) is 49.3 Å². The van der Waals surface area contributed by atoms with Gasteiger partial charge in [-0.05, 0) is 91.9 Å². The van der Waals surface area contributed by atoms with Gasteiger partial charge < -0.3 is 24.6 Å². The lowest BCUT2D eigenvalue weighted by atomic mass is 10.0. The maximum atomic E-state index is 12.9. The van der Waals surface area contributed by atoms with Crippen LogP contribution in [0.25, 0.3) is 11.0 Å². The van der Waals surface area contributed by atoms with E-state index in [1.807, 2.05) is 54.7 Å². The van der Waals surface area contributed by atoms with E-state index in [9.17, 15) is 28.8 Å². The zero-order valence-corrected chi connectivity index (χ0v) is 32.4. The van der Waals surface area contributed by atoms with Crippen molar-refractivity contribution in [3.63, 3.8) is 0 Å². The highest BCUT2D eigenvalue weighted by atomic mass is 16.5. The van der Waals surface area contributed by atoms with Crippen molar-refractivity contribution in [1.29, 1.82) is 0 Å². The Bertz CT molecular complexity index is 2370. The minimum Gasteiger partial charge on any atom is -0.489 e. The number of fused-ring (bicyclic) bond motifs is 3. The lowest BCUT2D eigenvalue weighted by molar-refractivity contribution is -0.138. The van der Waals surface area contributed by atoms with Crippen LogP contribution in [0.15, 0.2) is 66.9 Å². The second kappa shape index (κ2) is 16.2. The van der Waals surface area contributed by atoms with Gasteiger partial charge in [0.25, 0.3) is 11.8 Å². The van der Waals surface area contributed by atoms with Gasteiger partial charge in [0.15, 0.2) is 0 Å². The summed E-state index contributed by atoms with van der Waals surface area (Å²) in [7, 11) is 0. The van der Waals surface area contributed by atoms with Crippen LogP contribution < -0.4 is 25.4 Å². The maximum Gasteiger partial charge on any atom is 0.255 e. The molecule has 0 radical (unpaired) electrons. The van der Waals surface area contributed by atoms with Crippen molar-refractivity contribution in [1.82, 2.24) is 40.6 Å². The van der Waals surface area contributed by atoms with E-state index in [-0.39, 0.29) is 54.6 Å². The number of hydrogen-bond donors (Lipinski definition) is 3. The van der Waals surface area contributed by atoms with E-state index in [4.69, 9.17) is 14.5 Å². The van der Waals surface area contributed by atoms with E-state index in [1.54, 1.807) is 21.9 Å². The average molecular weight is 801 g/mol. The normalized spacial score (nSPS) is 24.1. The number of carbonyl (C=O) groups is 6. The molecular weight excluding hydrogens is 757 g/mol. The number of benzene rings is 3. The predicted octanol–water partition coefficient (Wildman–Crippen LogP) is 2.23. The highest BCUT2D eigenvalue weighted by Crippen LogP contribution is 2.33. The van der Waals surface area contributed by atoms with Gasteiger partial charge >= 0.3 is 0 Å². The Morgan fingerprint density at radius 2 is 1.27 bits per heavy atom. The third-order valence-corrected chi connectivity index (χ3v) is 11.7. The number of nitrogens with one attached hydrogen (secondary N) is 3. The number of rotatable bonds is 8. The fourth-order valence-corrected chi connectivity index (χ4v) is 8.70. The van der Waals surface area contributed by atoms with E-state index in [0.29, 0.717) is 37.1 Å². The van der Waals surface area contributed by atoms with Crippen molar-refractivity contribution in [2.24, 2.45) is 0 Å². The Balaban J connectivity index is 0.000000163. The standard InChI is InChI=1S/C26H25N5O4.C17H19N3O4/c32-24-8-7-23(25(33)29-24)31-13-16-11-18(5-6-20(16)26(31)34)35-19-9-10-30(15-19)14-17-12-27-21-3-1-2-4-22(21)28-17;21-15-4-3-14(16(22)19-15)20-9-10-7-11(1-2-13(10)17(20)23)24-12-5-6-18-8-12/h1-6,11-12,19,23H,7-10,13-15H2,(H,29,32,33);1-2,7,12,14,18H,3-6,8-9H2,(H,19,21,22)/t19-,23?;12-,14?/m00/s1. The van der Waals surface area contributed by atoms with Gasteiger partial charge in [-0.1, -0.05) is 12.1 Å². The number of piperidine rings is 2. The predicted molar refractivity (Wildman–Crippen MR) is 211 cm³/mol. The van der Waals surface area contributed by atoms with Gasteiger partial charge in [0.05, 0.1) is 22.9 Å². The lowest BCUT2D eigenvalue weighted by Crippen LogP contribution is -2.52. The molecule has 59 heavy (non-hydrogen) atoms. The Kier molecular flexibility index (Phi) is 10.5. The number of para-hydroxylation sites is 2. The van der Waals surface area contributed by atoms with Crippen LogP contribution in [-0.4, -0.2) is 111 Å². The summed E-state index contributed by atoms with van der Waals surface area (Å²) in [5, 5.41) is 7.89. The first-order valence-corrected chi connectivity index (χ1v) is 20.2. The second-order valence-corrected chi connectivity index (χ2v) is 15.8. The summed E-state index contributed by atoms with van der Waals surface area (Å²) in [5.74, 6) is -0.217. The van der Waals surface area contributed by atoms with Crippen LogP contribution in [0.3, 0.4) is 0 Å².